The molecule has 0 amide bonds. The summed E-state index contributed by atoms with van der Waals surface area (Å²) >= 11 is 0. The van der Waals surface area contributed by atoms with Gasteiger partial charge < -0.3 is 5.32 Å². The van der Waals surface area contributed by atoms with Gasteiger partial charge in [-0.05, 0) is 45.1 Å². The van der Waals surface area contributed by atoms with E-state index in [1.165, 1.54) is 62.6 Å². The molecule has 1 aromatic heterocycles. The van der Waals surface area contributed by atoms with Crippen LogP contribution in [0.2, 0.25) is 0 Å². The van der Waals surface area contributed by atoms with Crippen LogP contribution in [-0.2, 0) is 6.42 Å². The van der Waals surface area contributed by atoms with E-state index >= 15 is 0 Å². The Kier molecular flexibility index (Phi) is 4.89. The van der Waals surface area contributed by atoms with E-state index in [1.807, 2.05) is 0 Å². The average Bonchev–Trinajstić information content (AvgIpc) is 2.76. The predicted molar refractivity (Wildman–Crippen MR) is 86.4 cm³/mol. The molecule has 1 N–H and O–H groups in total. The van der Waals surface area contributed by atoms with Gasteiger partial charge in [-0.1, -0.05) is 32.6 Å². The van der Waals surface area contributed by atoms with Gasteiger partial charge >= 0.3 is 0 Å². The quantitative estimate of drug-likeness (QED) is 0.849. The second kappa shape index (κ2) is 6.87. The fraction of sp³-hybridized carbons (Fsp3) is 0.778. The van der Waals surface area contributed by atoms with Crippen LogP contribution in [-0.4, -0.2) is 17.0 Å². The van der Waals surface area contributed by atoms with Crippen molar-refractivity contribution >= 4 is 0 Å². The second-order valence-corrected chi connectivity index (χ2v) is 6.86. The number of hydrogen-bond donors (Lipinski definition) is 1. The van der Waals surface area contributed by atoms with Gasteiger partial charge in [-0.2, -0.15) is 0 Å². The Morgan fingerprint density at radius 1 is 1.19 bits per heavy atom. The lowest BCUT2D eigenvalue weighted by Crippen LogP contribution is -2.20. The van der Waals surface area contributed by atoms with Gasteiger partial charge in [0.05, 0.1) is 0 Å². The maximum atomic E-state index is 5.01. The molecule has 1 heterocycles. The van der Waals surface area contributed by atoms with Crippen LogP contribution < -0.4 is 5.32 Å². The van der Waals surface area contributed by atoms with Crippen LogP contribution >= 0.6 is 0 Å². The molecule has 1 saturated carbocycles. The molecule has 3 heteroatoms. The lowest BCUT2D eigenvalue weighted by molar-refractivity contribution is 0.306. The van der Waals surface area contributed by atoms with E-state index in [4.69, 9.17) is 9.97 Å². The van der Waals surface area contributed by atoms with Crippen molar-refractivity contribution in [3.05, 3.63) is 23.3 Å². The first kappa shape index (κ1) is 15.0. The Labute approximate surface area is 129 Å². The lowest BCUT2D eigenvalue weighted by atomic mass is 9.80. The molecule has 3 nitrogen and oxygen atoms in total. The van der Waals surface area contributed by atoms with Crippen LogP contribution in [0.4, 0.5) is 0 Å². The number of aromatic nitrogens is 2. The Bertz CT molecular complexity index is 472. The highest BCUT2D eigenvalue weighted by Gasteiger charge is 2.26. The molecule has 0 spiro atoms. The summed E-state index contributed by atoms with van der Waals surface area (Å²) in [6, 6.07) is 0.450. The molecule has 3 rings (SSSR count). The highest BCUT2D eigenvalue weighted by molar-refractivity contribution is 5.24. The largest absolute Gasteiger partial charge is 0.313 e. The number of aryl methyl sites for hydroxylation is 1. The van der Waals surface area contributed by atoms with Crippen LogP contribution in [0.25, 0.3) is 0 Å². The zero-order chi connectivity index (χ0) is 14.7. The summed E-state index contributed by atoms with van der Waals surface area (Å²) in [5.74, 6) is 2.62. The normalized spacial score (nSPS) is 29.7. The molecule has 1 aromatic rings. The molecular weight excluding hydrogens is 258 g/mol. The number of fused-ring (bicyclic) bond motifs is 1. The summed E-state index contributed by atoms with van der Waals surface area (Å²) in [6.07, 6.45) is 13.7. The molecule has 0 saturated heterocycles. The molecule has 2 aliphatic carbocycles. The van der Waals surface area contributed by atoms with Crippen molar-refractivity contribution in [2.24, 2.45) is 5.92 Å². The fourth-order valence-electron chi connectivity index (χ4n) is 4.12. The van der Waals surface area contributed by atoms with Gasteiger partial charge in [0.2, 0.25) is 0 Å². The average molecular weight is 287 g/mol. The lowest BCUT2D eigenvalue weighted by Gasteiger charge is -2.28. The number of hydrogen-bond acceptors (Lipinski definition) is 3. The van der Waals surface area contributed by atoms with Crippen LogP contribution in [0.3, 0.4) is 0 Å². The van der Waals surface area contributed by atoms with Crippen LogP contribution in [0, 0.1) is 5.92 Å². The zero-order valence-corrected chi connectivity index (χ0v) is 13.6. The first-order valence-electron chi connectivity index (χ1n) is 8.84. The third-order valence-corrected chi connectivity index (χ3v) is 5.52. The van der Waals surface area contributed by atoms with Gasteiger partial charge in [-0.3, -0.25) is 0 Å². The smallest absolute Gasteiger partial charge is 0.131 e. The molecule has 0 aromatic carbocycles. The number of nitrogens with zero attached hydrogens (tertiary/aromatic N) is 2. The predicted octanol–water partition coefficient (Wildman–Crippen LogP) is 4.15. The van der Waals surface area contributed by atoms with E-state index in [0.717, 1.165) is 18.2 Å². The van der Waals surface area contributed by atoms with Crippen LogP contribution in [0.1, 0.15) is 87.3 Å². The highest BCUT2D eigenvalue weighted by Crippen LogP contribution is 2.37. The fourth-order valence-corrected chi connectivity index (χ4v) is 4.12. The Morgan fingerprint density at radius 3 is 2.90 bits per heavy atom. The highest BCUT2D eigenvalue weighted by atomic mass is 14.9. The first-order chi connectivity index (χ1) is 10.3. The number of rotatable bonds is 3. The molecular formula is C18H29N3. The molecule has 0 radical (unpaired) electrons. The molecule has 0 aliphatic heterocycles. The zero-order valence-electron chi connectivity index (χ0n) is 13.6. The van der Waals surface area contributed by atoms with Gasteiger partial charge in [0.15, 0.2) is 0 Å². The van der Waals surface area contributed by atoms with Crippen LogP contribution in [0.5, 0.6) is 0 Å². The minimum atomic E-state index is 0.450. The first-order valence-corrected chi connectivity index (χ1v) is 8.84. The van der Waals surface area contributed by atoms with Gasteiger partial charge in [0.1, 0.15) is 5.82 Å². The Balaban J connectivity index is 1.83. The van der Waals surface area contributed by atoms with E-state index < -0.39 is 0 Å². The summed E-state index contributed by atoms with van der Waals surface area (Å²) in [5.41, 5.74) is 2.66. The SMILES string of the molecule is CCC1CCCC(c2ncc3c(n2)CCCCC3NC)C1. The monoisotopic (exact) mass is 287 g/mol. The minimum Gasteiger partial charge on any atom is -0.313 e. The second-order valence-electron chi connectivity index (χ2n) is 6.86. The molecule has 21 heavy (non-hydrogen) atoms. The molecule has 2 aliphatic rings. The van der Waals surface area contributed by atoms with E-state index in [2.05, 4.69) is 25.5 Å². The summed E-state index contributed by atoms with van der Waals surface area (Å²) in [5, 5.41) is 3.44. The topological polar surface area (TPSA) is 37.8 Å². The van der Waals surface area contributed by atoms with Crippen molar-refractivity contribution in [2.75, 3.05) is 7.05 Å². The van der Waals surface area contributed by atoms with Crippen molar-refractivity contribution in [3.63, 3.8) is 0 Å². The number of nitrogens with one attached hydrogen (secondary N) is 1. The molecule has 1 fully saturated rings. The third kappa shape index (κ3) is 3.28. The van der Waals surface area contributed by atoms with Crippen molar-refractivity contribution < 1.29 is 0 Å². The van der Waals surface area contributed by atoms with Gasteiger partial charge in [0.25, 0.3) is 0 Å². The molecule has 3 unspecified atom stereocenters. The summed E-state index contributed by atoms with van der Waals surface area (Å²) < 4.78 is 0. The van der Waals surface area contributed by atoms with Crippen molar-refractivity contribution in [2.45, 2.75) is 76.7 Å². The molecule has 3 atom stereocenters. The van der Waals surface area contributed by atoms with E-state index in [1.54, 1.807) is 0 Å². The standard InChI is InChI=1S/C18H29N3/c1-3-13-7-6-8-14(11-13)18-20-12-15-16(19-2)9-4-5-10-17(15)21-18/h12-14,16,19H,3-11H2,1-2H3. The van der Waals surface area contributed by atoms with Crippen molar-refractivity contribution in [3.8, 4) is 0 Å². The van der Waals surface area contributed by atoms with Crippen molar-refractivity contribution in [1.29, 1.82) is 0 Å². The third-order valence-electron chi connectivity index (χ3n) is 5.52. The van der Waals surface area contributed by atoms with Gasteiger partial charge in [-0.25, -0.2) is 9.97 Å². The maximum absolute atomic E-state index is 5.01. The summed E-state index contributed by atoms with van der Waals surface area (Å²) in [7, 11) is 2.06. The summed E-state index contributed by atoms with van der Waals surface area (Å²) in [6.45, 7) is 2.32. The minimum absolute atomic E-state index is 0.450. The maximum Gasteiger partial charge on any atom is 0.131 e. The van der Waals surface area contributed by atoms with Gasteiger partial charge in [-0.15, -0.1) is 0 Å². The Hall–Kier alpha value is -0.960. The van der Waals surface area contributed by atoms with Crippen molar-refractivity contribution in [1.82, 2.24) is 15.3 Å². The van der Waals surface area contributed by atoms with E-state index in [0.29, 0.717) is 12.0 Å². The van der Waals surface area contributed by atoms with E-state index in [-0.39, 0.29) is 0 Å². The Morgan fingerprint density at radius 2 is 2.10 bits per heavy atom. The van der Waals surface area contributed by atoms with E-state index in [9.17, 15) is 0 Å². The molecule has 116 valence electrons. The van der Waals surface area contributed by atoms with Crippen LogP contribution in [0.15, 0.2) is 6.20 Å². The summed E-state index contributed by atoms with van der Waals surface area (Å²) in [4.78, 5) is 9.79. The van der Waals surface area contributed by atoms with Gasteiger partial charge in [0, 0.05) is 29.4 Å². The molecule has 0 bridgehead atoms.